The van der Waals surface area contributed by atoms with E-state index in [9.17, 15) is 9.59 Å². The zero-order valence-corrected chi connectivity index (χ0v) is 17.6. The summed E-state index contributed by atoms with van der Waals surface area (Å²) in [5.41, 5.74) is 1.07. The highest BCUT2D eigenvalue weighted by atomic mass is 35.5. The molecule has 2 aromatic heterocycles. The molecule has 0 saturated heterocycles. The van der Waals surface area contributed by atoms with Gasteiger partial charge in [-0.2, -0.15) is 0 Å². The lowest BCUT2D eigenvalue weighted by Crippen LogP contribution is -2.30. The predicted molar refractivity (Wildman–Crippen MR) is 123 cm³/mol. The second kappa shape index (κ2) is 7.98. The van der Waals surface area contributed by atoms with Crippen LogP contribution in [-0.2, 0) is 0 Å². The average molecular weight is 445 g/mol. The zero-order chi connectivity index (χ0) is 22.2. The van der Waals surface area contributed by atoms with Crippen molar-refractivity contribution < 1.29 is 13.9 Å². The van der Waals surface area contributed by atoms with Crippen LogP contribution in [0.1, 0.15) is 27.7 Å². The quantitative estimate of drug-likeness (QED) is 0.398. The molecule has 7 heteroatoms. The molecule has 2 aromatic carbocycles. The van der Waals surface area contributed by atoms with Crippen LogP contribution in [0.25, 0.3) is 11.0 Å². The van der Waals surface area contributed by atoms with Gasteiger partial charge in [-0.15, -0.1) is 0 Å². The number of anilines is 1. The van der Waals surface area contributed by atoms with E-state index < -0.39 is 11.9 Å². The molecule has 0 unspecified atom stereocenters. The van der Waals surface area contributed by atoms with Crippen LogP contribution in [0.5, 0.6) is 5.75 Å². The number of benzene rings is 2. The van der Waals surface area contributed by atoms with E-state index in [1.54, 1.807) is 54.6 Å². The number of fused-ring (bicyclic) bond motifs is 2. The Morgan fingerprint density at radius 2 is 1.97 bits per heavy atom. The summed E-state index contributed by atoms with van der Waals surface area (Å²) in [6.07, 6.45) is 3.10. The molecule has 158 valence electrons. The minimum absolute atomic E-state index is 0.00728. The van der Waals surface area contributed by atoms with Crippen LogP contribution < -0.4 is 15.1 Å². The molecule has 4 aromatic rings. The maximum absolute atomic E-state index is 13.5. The topological polar surface area (TPSA) is 72.6 Å². The first-order chi connectivity index (χ1) is 15.6. The van der Waals surface area contributed by atoms with Gasteiger partial charge >= 0.3 is 0 Å². The number of hydrogen-bond acceptors (Lipinski definition) is 5. The Hall–Kier alpha value is -3.90. The third-order valence-electron chi connectivity index (χ3n) is 5.28. The number of hydrogen-bond donors (Lipinski definition) is 0. The molecule has 0 fully saturated rings. The first-order valence-electron chi connectivity index (χ1n) is 9.93. The molecule has 0 N–H and O–H groups in total. The molecule has 0 saturated carbocycles. The highest BCUT2D eigenvalue weighted by Crippen LogP contribution is 2.41. The lowest BCUT2D eigenvalue weighted by molar-refractivity contribution is 0.0970. The van der Waals surface area contributed by atoms with E-state index in [0.29, 0.717) is 39.7 Å². The molecule has 3 heterocycles. The largest absolute Gasteiger partial charge is 0.490 e. The number of aromatic nitrogens is 1. The van der Waals surface area contributed by atoms with Crippen LogP contribution in [0.3, 0.4) is 0 Å². The molecular formula is C25H17ClN2O4. The van der Waals surface area contributed by atoms with E-state index in [1.807, 2.05) is 12.1 Å². The summed E-state index contributed by atoms with van der Waals surface area (Å²) in [4.78, 5) is 32.8. The van der Waals surface area contributed by atoms with Gasteiger partial charge in [0.1, 0.15) is 23.8 Å². The van der Waals surface area contributed by atoms with Crippen LogP contribution in [0.15, 0.2) is 88.7 Å². The monoisotopic (exact) mass is 444 g/mol. The highest BCUT2D eigenvalue weighted by molar-refractivity contribution is 6.30. The normalized spacial score (nSPS) is 15.1. The van der Waals surface area contributed by atoms with Gasteiger partial charge in [-0.25, -0.2) is 4.98 Å². The van der Waals surface area contributed by atoms with E-state index >= 15 is 0 Å². The summed E-state index contributed by atoms with van der Waals surface area (Å²) < 4.78 is 11.6. The summed E-state index contributed by atoms with van der Waals surface area (Å²) in [6, 6.07) is 16.7. The molecule has 1 atom stereocenters. The Kier molecular flexibility index (Phi) is 4.99. The number of halogens is 1. The fraction of sp³-hybridized carbons (Fsp3) is 0.0800. The molecule has 1 aliphatic heterocycles. The minimum atomic E-state index is -0.737. The number of rotatable bonds is 5. The number of carbonyl (C=O) groups is 1. The highest BCUT2D eigenvalue weighted by Gasteiger charge is 2.44. The zero-order valence-electron chi connectivity index (χ0n) is 16.8. The molecule has 0 radical (unpaired) electrons. The number of nitrogens with zero attached hydrogens (tertiary/aromatic N) is 2. The Bertz CT molecular complexity index is 1410. The number of ether oxygens (including phenoxy) is 1. The smallest absolute Gasteiger partial charge is 0.296 e. The van der Waals surface area contributed by atoms with Gasteiger partial charge in [-0.05, 0) is 42.0 Å². The van der Waals surface area contributed by atoms with Gasteiger partial charge in [0.05, 0.1) is 22.0 Å². The summed E-state index contributed by atoms with van der Waals surface area (Å²) in [6.45, 7) is 4.00. The number of para-hydroxylation sites is 1. The average Bonchev–Trinajstić information content (AvgIpc) is 3.11. The van der Waals surface area contributed by atoms with Gasteiger partial charge in [0.15, 0.2) is 5.43 Å². The van der Waals surface area contributed by atoms with Crippen molar-refractivity contribution in [2.24, 2.45) is 0 Å². The van der Waals surface area contributed by atoms with E-state index in [4.69, 9.17) is 20.8 Å². The van der Waals surface area contributed by atoms with Crippen molar-refractivity contribution in [3.63, 3.8) is 0 Å². The van der Waals surface area contributed by atoms with Crippen molar-refractivity contribution in [2.45, 2.75) is 6.04 Å². The number of pyridine rings is 1. The SMILES string of the molecule is C=CCOc1cccc([C@H]2c3c(oc4ccccc4c3=O)C(=O)N2c2ccc(Cl)cn2)c1. The molecule has 0 aliphatic carbocycles. The Labute approximate surface area is 188 Å². The van der Waals surface area contributed by atoms with Crippen LogP contribution in [0, 0.1) is 0 Å². The van der Waals surface area contributed by atoms with Crippen molar-refractivity contribution in [3.05, 3.63) is 112 Å². The minimum Gasteiger partial charge on any atom is -0.490 e. The van der Waals surface area contributed by atoms with Gasteiger partial charge in [0, 0.05) is 6.20 Å². The van der Waals surface area contributed by atoms with Gasteiger partial charge < -0.3 is 9.15 Å². The summed E-state index contributed by atoms with van der Waals surface area (Å²) in [7, 11) is 0. The second-order valence-corrected chi connectivity index (χ2v) is 7.69. The van der Waals surface area contributed by atoms with Gasteiger partial charge in [-0.1, -0.05) is 48.5 Å². The maximum Gasteiger partial charge on any atom is 0.296 e. The van der Waals surface area contributed by atoms with Crippen molar-refractivity contribution in [3.8, 4) is 5.75 Å². The van der Waals surface area contributed by atoms with Gasteiger partial charge in [-0.3, -0.25) is 14.5 Å². The third kappa shape index (κ3) is 3.25. The van der Waals surface area contributed by atoms with Crippen LogP contribution in [0.2, 0.25) is 5.02 Å². The number of amides is 1. The third-order valence-corrected chi connectivity index (χ3v) is 5.50. The molecule has 6 nitrogen and oxygen atoms in total. The van der Waals surface area contributed by atoms with Gasteiger partial charge in [0.2, 0.25) is 5.76 Å². The Morgan fingerprint density at radius 3 is 2.75 bits per heavy atom. The van der Waals surface area contributed by atoms with Crippen LogP contribution in [-0.4, -0.2) is 17.5 Å². The first-order valence-corrected chi connectivity index (χ1v) is 10.3. The molecule has 0 bridgehead atoms. The van der Waals surface area contributed by atoms with E-state index in [1.165, 1.54) is 11.1 Å². The molecule has 5 rings (SSSR count). The van der Waals surface area contributed by atoms with E-state index in [-0.39, 0.29) is 16.8 Å². The molecule has 0 spiro atoms. The summed E-state index contributed by atoms with van der Waals surface area (Å²) in [5, 5.41) is 0.850. The molecule has 1 amide bonds. The van der Waals surface area contributed by atoms with E-state index in [0.717, 1.165) is 0 Å². The fourth-order valence-corrected chi connectivity index (χ4v) is 4.02. The van der Waals surface area contributed by atoms with E-state index in [2.05, 4.69) is 11.6 Å². The van der Waals surface area contributed by atoms with Gasteiger partial charge in [0.25, 0.3) is 5.91 Å². The van der Waals surface area contributed by atoms with Crippen LogP contribution in [0.4, 0.5) is 5.82 Å². The van der Waals surface area contributed by atoms with Crippen molar-refractivity contribution >= 4 is 34.3 Å². The van der Waals surface area contributed by atoms with Crippen LogP contribution >= 0.6 is 11.6 Å². The Balaban J connectivity index is 1.75. The molecular weight excluding hydrogens is 428 g/mol. The molecule has 1 aliphatic rings. The lowest BCUT2D eigenvalue weighted by atomic mass is 9.98. The first kappa shape index (κ1) is 20.0. The standard InChI is InChI=1S/C25H17ClN2O4/c1-2-12-31-17-7-5-6-15(13-17)22-21-23(29)18-8-3-4-9-19(18)32-24(21)25(30)28(22)20-11-10-16(26)14-27-20/h2-11,13-14,22H,1,12H2/t22-/m0/s1. The fourth-order valence-electron chi connectivity index (χ4n) is 3.91. The molecule has 32 heavy (non-hydrogen) atoms. The summed E-state index contributed by atoms with van der Waals surface area (Å²) in [5.74, 6) is 0.516. The second-order valence-electron chi connectivity index (χ2n) is 7.25. The maximum atomic E-state index is 13.5. The lowest BCUT2D eigenvalue weighted by Gasteiger charge is -2.24. The summed E-state index contributed by atoms with van der Waals surface area (Å²) >= 11 is 6.00. The number of carbonyl (C=O) groups excluding carboxylic acids is 1. The van der Waals surface area contributed by atoms with Crippen molar-refractivity contribution in [1.29, 1.82) is 0 Å². The van der Waals surface area contributed by atoms with Crippen molar-refractivity contribution in [1.82, 2.24) is 4.98 Å². The Morgan fingerprint density at radius 1 is 1.12 bits per heavy atom. The predicted octanol–water partition coefficient (Wildman–Crippen LogP) is 5.16. The van der Waals surface area contributed by atoms with Crippen molar-refractivity contribution in [2.75, 3.05) is 11.5 Å².